The van der Waals surface area contributed by atoms with Gasteiger partial charge in [-0.05, 0) is 48.2 Å². The highest BCUT2D eigenvalue weighted by Crippen LogP contribution is 2.25. The van der Waals surface area contributed by atoms with E-state index in [1.807, 2.05) is 49.4 Å². The number of hydrogen-bond acceptors (Lipinski definition) is 3. The molecule has 6 heteroatoms. The predicted molar refractivity (Wildman–Crippen MR) is 111 cm³/mol. The van der Waals surface area contributed by atoms with Crippen molar-refractivity contribution in [1.82, 2.24) is 10.3 Å². The van der Waals surface area contributed by atoms with E-state index in [0.717, 1.165) is 10.8 Å². The van der Waals surface area contributed by atoms with Crippen LogP contribution in [0.1, 0.15) is 64.0 Å². The Morgan fingerprint density at radius 3 is 2.41 bits per heavy atom. The average Bonchev–Trinajstić information content (AvgIpc) is 3.03. The van der Waals surface area contributed by atoms with Crippen LogP contribution in [0.25, 0.3) is 10.8 Å². The number of fused-ring (bicyclic) bond motifs is 1. The fourth-order valence-corrected chi connectivity index (χ4v) is 3.78. The van der Waals surface area contributed by atoms with Crippen LogP contribution in [0.3, 0.4) is 0 Å². The molecule has 0 bridgehead atoms. The molecule has 1 amide bonds. The molecular formula is C23H24N2O4. The fourth-order valence-electron chi connectivity index (χ4n) is 3.78. The highest BCUT2D eigenvalue weighted by Gasteiger charge is 2.25. The summed E-state index contributed by atoms with van der Waals surface area (Å²) >= 11 is 0. The summed E-state index contributed by atoms with van der Waals surface area (Å²) in [5.74, 6) is -1.53. The van der Waals surface area contributed by atoms with Crippen molar-refractivity contribution in [3.8, 4) is 0 Å². The molecule has 3 N–H and O–H groups in total. The van der Waals surface area contributed by atoms with Gasteiger partial charge in [-0.25, -0.2) is 0 Å². The molecule has 1 atom stereocenters. The normalized spacial score (nSPS) is 12.0. The third-order valence-electron chi connectivity index (χ3n) is 5.08. The second-order valence-electron chi connectivity index (χ2n) is 7.12. The summed E-state index contributed by atoms with van der Waals surface area (Å²) in [5.41, 5.74) is 2.84. The first-order valence-electron chi connectivity index (χ1n) is 9.55. The zero-order valence-electron chi connectivity index (χ0n) is 16.7. The second-order valence-corrected chi connectivity index (χ2v) is 7.12. The summed E-state index contributed by atoms with van der Waals surface area (Å²) in [6.07, 6.45) is 0.270. The number of aromatic nitrogens is 1. The average molecular weight is 392 g/mol. The summed E-state index contributed by atoms with van der Waals surface area (Å²) in [6, 6.07) is 12.7. The van der Waals surface area contributed by atoms with E-state index in [4.69, 9.17) is 0 Å². The van der Waals surface area contributed by atoms with Gasteiger partial charge in [0.25, 0.3) is 5.91 Å². The molecule has 0 unspecified atom stereocenters. The minimum absolute atomic E-state index is 0.105. The summed E-state index contributed by atoms with van der Waals surface area (Å²) in [5, 5.41) is 14.2. The number of carbonyl (C=O) groups excluding carboxylic acids is 2. The molecule has 0 radical (unpaired) electrons. The number of nitrogens with one attached hydrogen (secondary N) is 2. The number of H-pyrrole nitrogens is 1. The first kappa shape index (κ1) is 20.3. The Balaban J connectivity index is 1.96. The number of Topliss-reactive ketones (excluding diaryl/α,β-unsaturated/α-hetero) is 1. The molecule has 3 rings (SSSR count). The molecule has 150 valence electrons. The first-order chi connectivity index (χ1) is 13.8. The maximum Gasteiger partial charge on any atom is 0.305 e. The molecule has 2 aromatic carbocycles. The van der Waals surface area contributed by atoms with Gasteiger partial charge in [-0.1, -0.05) is 43.3 Å². The smallest absolute Gasteiger partial charge is 0.305 e. The van der Waals surface area contributed by atoms with Gasteiger partial charge in [0.05, 0.1) is 12.5 Å². The number of carboxylic acids is 1. The van der Waals surface area contributed by atoms with E-state index in [0.29, 0.717) is 34.5 Å². The third-order valence-corrected chi connectivity index (χ3v) is 5.08. The summed E-state index contributed by atoms with van der Waals surface area (Å²) in [4.78, 5) is 39.4. The van der Waals surface area contributed by atoms with Crippen molar-refractivity contribution in [3.05, 3.63) is 70.5 Å². The van der Waals surface area contributed by atoms with Crippen LogP contribution in [0.2, 0.25) is 0 Å². The molecule has 0 saturated carbocycles. The zero-order chi connectivity index (χ0) is 21.1. The lowest BCUT2D eigenvalue weighted by Gasteiger charge is -2.18. The number of ketones is 1. The lowest BCUT2D eigenvalue weighted by atomic mass is 9.99. The van der Waals surface area contributed by atoms with Gasteiger partial charge < -0.3 is 15.4 Å². The Kier molecular flexibility index (Phi) is 5.82. The van der Waals surface area contributed by atoms with E-state index in [2.05, 4.69) is 10.3 Å². The zero-order valence-corrected chi connectivity index (χ0v) is 16.7. The van der Waals surface area contributed by atoms with Gasteiger partial charge in [0.1, 0.15) is 5.69 Å². The van der Waals surface area contributed by atoms with Gasteiger partial charge in [-0.15, -0.1) is 0 Å². The van der Waals surface area contributed by atoms with Gasteiger partial charge in [-0.2, -0.15) is 0 Å². The van der Waals surface area contributed by atoms with Gasteiger partial charge >= 0.3 is 5.97 Å². The van der Waals surface area contributed by atoms with Gasteiger partial charge in [0.15, 0.2) is 5.78 Å². The Morgan fingerprint density at radius 1 is 1.10 bits per heavy atom. The summed E-state index contributed by atoms with van der Waals surface area (Å²) in [6.45, 7) is 5.11. The van der Waals surface area contributed by atoms with Crippen molar-refractivity contribution in [2.24, 2.45) is 0 Å². The Bertz CT molecular complexity index is 1100. The number of aryl methyl sites for hydroxylation is 1. The van der Waals surface area contributed by atoms with E-state index in [1.54, 1.807) is 6.92 Å². The number of hydrogen-bond donors (Lipinski definition) is 3. The molecule has 3 aromatic rings. The molecule has 1 aromatic heterocycles. The Morgan fingerprint density at radius 2 is 1.79 bits per heavy atom. The van der Waals surface area contributed by atoms with Crippen LogP contribution in [-0.4, -0.2) is 27.8 Å². The Labute approximate surface area is 168 Å². The maximum atomic E-state index is 13.0. The fraction of sp³-hybridized carbons (Fsp3) is 0.261. The Hall–Kier alpha value is -3.41. The third kappa shape index (κ3) is 4.21. The number of carboxylic acid groups (broad SMARTS) is 1. The van der Waals surface area contributed by atoms with Crippen molar-refractivity contribution in [2.45, 2.75) is 39.7 Å². The molecule has 0 aliphatic heterocycles. The molecule has 6 nitrogen and oxygen atoms in total. The minimum atomic E-state index is -1.01. The van der Waals surface area contributed by atoms with Crippen LogP contribution < -0.4 is 5.32 Å². The lowest BCUT2D eigenvalue weighted by molar-refractivity contribution is -0.137. The quantitative estimate of drug-likeness (QED) is 0.525. The molecular weight excluding hydrogens is 368 g/mol. The van der Waals surface area contributed by atoms with Crippen molar-refractivity contribution in [1.29, 1.82) is 0 Å². The molecule has 0 fully saturated rings. The minimum Gasteiger partial charge on any atom is -0.481 e. The van der Waals surface area contributed by atoms with Gasteiger partial charge in [0, 0.05) is 11.3 Å². The van der Waals surface area contributed by atoms with Crippen LogP contribution in [0.15, 0.2) is 42.5 Å². The molecule has 0 saturated heterocycles. The highest BCUT2D eigenvalue weighted by atomic mass is 16.4. The molecule has 1 heterocycles. The molecule has 29 heavy (non-hydrogen) atoms. The summed E-state index contributed by atoms with van der Waals surface area (Å²) in [7, 11) is 0. The highest BCUT2D eigenvalue weighted by molar-refractivity contribution is 6.03. The number of benzene rings is 2. The van der Waals surface area contributed by atoms with Crippen molar-refractivity contribution in [2.75, 3.05) is 0 Å². The van der Waals surface area contributed by atoms with Crippen LogP contribution >= 0.6 is 0 Å². The monoisotopic (exact) mass is 392 g/mol. The van der Waals surface area contributed by atoms with E-state index in [1.165, 1.54) is 6.92 Å². The SMILES string of the molecule is CCc1c(C(=O)N[C@@H](CC(=O)O)c2ccc3ccccc3c2)[nH]c(C)c1C(C)=O. The maximum absolute atomic E-state index is 13.0. The standard InChI is InChI=1S/C23H24N2O4/c1-4-18-21(14(3)26)13(2)24-22(18)23(29)25-19(12-20(27)28)17-10-9-15-7-5-6-8-16(15)11-17/h5-11,19,24H,4,12H2,1-3H3,(H,25,29)(H,27,28)/t19-/m0/s1. The van der Waals surface area contributed by atoms with E-state index >= 15 is 0 Å². The van der Waals surface area contributed by atoms with Crippen molar-refractivity contribution in [3.63, 3.8) is 0 Å². The number of aliphatic carboxylic acids is 1. The molecule has 0 aliphatic rings. The summed E-state index contributed by atoms with van der Waals surface area (Å²) < 4.78 is 0. The second kappa shape index (κ2) is 8.31. The molecule has 0 spiro atoms. The van der Waals surface area contributed by atoms with E-state index in [-0.39, 0.29) is 12.2 Å². The largest absolute Gasteiger partial charge is 0.481 e. The van der Waals surface area contributed by atoms with Gasteiger partial charge in [-0.3, -0.25) is 14.4 Å². The lowest BCUT2D eigenvalue weighted by Crippen LogP contribution is -2.31. The first-order valence-corrected chi connectivity index (χ1v) is 9.55. The van der Waals surface area contributed by atoms with Crippen LogP contribution in [0, 0.1) is 6.92 Å². The van der Waals surface area contributed by atoms with Crippen molar-refractivity contribution < 1.29 is 19.5 Å². The number of aromatic amines is 1. The predicted octanol–water partition coefficient (Wildman–Crippen LogP) is 4.19. The topological polar surface area (TPSA) is 99.3 Å². The molecule has 0 aliphatic carbocycles. The van der Waals surface area contributed by atoms with E-state index in [9.17, 15) is 19.5 Å². The van der Waals surface area contributed by atoms with Crippen molar-refractivity contribution >= 4 is 28.4 Å². The van der Waals surface area contributed by atoms with Crippen LogP contribution in [-0.2, 0) is 11.2 Å². The van der Waals surface area contributed by atoms with Crippen LogP contribution in [0.5, 0.6) is 0 Å². The number of carbonyl (C=O) groups is 3. The number of amides is 1. The number of rotatable bonds is 7. The van der Waals surface area contributed by atoms with E-state index < -0.39 is 17.9 Å². The van der Waals surface area contributed by atoms with Crippen LogP contribution in [0.4, 0.5) is 0 Å². The van der Waals surface area contributed by atoms with Gasteiger partial charge in [0.2, 0.25) is 0 Å².